The second kappa shape index (κ2) is 10.5. The molecule has 0 atom stereocenters. The molecule has 0 spiro atoms. The quantitative estimate of drug-likeness (QED) is 0.326. The second-order valence-electron chi connectivity index (χ2n) is 8.08. The highest BCUT2D eigenvalue weighted by atomic mass is 32.1. The van der Waals surface area contributed by atoms with Crippen LogP contribution in [0.15, 0.2) is 29.1 Å². The minimum Gasteiger partial charge on any atom is -0.362 e. The highest BCUT2D eigenvalue weighted by Crippen LogP contribution is 2.15. The summed E-state index contributed by atoms with van der Waals surface area (Å²) < 4.78 is 0. The topological polar surface area (TPSA) is 57.0 Å². The lowest BCUT2D eigenvalue weighted by atomic mass is 10.1. The zero-order chi connectivity index (χ0) is 20.7. The Labute approximate surface area is 173 Å². The molecule has 28 heavy (non-hydrogen) atoms. The van der Waals surface area contributed by atoms with E-state index in [-0.39, 0.29) is 5.56 Å². The number of fused-ring (bicyclic) bond motifs is 1. The van der Waals surface area contributed by atoms with Crippen molar-refractivity contribution in [2.24, 2.45) is 0 Å². The number of H-pyrrole nitrogens is 1. The molecule has 0 fully saturated rings. The van der Waals surface area contributed by atoms with Gasteiger partial charge in [0.2, 0.25) is 0 Å². The van der Waals surface area contributed by atoms with Crippen molar-refractivity contribution in [2.45, 2.75) is 19.9 Å². The Morgan fingerprint density at radius 3 is 2.57 bits per heavy atom. The van der Waals surface area contributed by atoms with Crippen LogP contribution in [0.5, 0.6) is 0 Å². The fourth-order valence-corrected chi connectivity index (χ4v) is 3.37. The van der Waals surface area contributed by atoms with Gasteiger partial charge in [-0.1, -0.05) is 18.2 Å². The first-order chi connectivity index (χ1) is 13.3. The number of likely N-dealkylation sites (N-methyl/N-ethyl adjacent to an activating group) is 1. The van der Waals surface area contributed by atoms with Gasteiger partial charge >= 0.3 is 0 Å². The van der Waals surface area contributed by atoms with Crippen molar-refractivity contribution in [1.29, 1.82) is 0 Å². The number of pyridine rings is 1. The molecule has 0 radical (unpaired) electrons. The molecule has 2 aromatic rings. The summed E-state index contributed by atoms with van der Waals surface area (Å²) in [6.45, 7) is 6.23. The van der Waals surface area contributed by atoms with Crippen LogP contribution < -0.4 is 20.7 Å². The number of rotatable bonds is 9. The molecule has 1 heterocycles. The Balaban J connectivity index is 2.15. The molecular weight excluding hydrogens is 370 g/mol. The van der Waals surface area contributed by atoms with Crippen LogP contribution in [0.2, 0.25) is 0 Å². The normalized spacial score (nSPS) is 11.4. The van der Waals surface area contributed by atoms with E-state index >= 15 is 0 Å². The smallest absolute Gasteiger partial charge is 0.253 e. The van der Waals surface area contributed by atoms with Gasteiger partial charge in [0.25, 0.3) is 5.56 Å². The highest BCUT2D eigenvalue weighted by molar-refractivity contribution is 7.80. The van der Waals surface area contributed by atoms with Gasteiger partial charge in [-0.15, -0.1) is 0 Å². The number of nitrogens with one attached hydrogen (secondary N) is 4. The Kier molecular flexibility index (Phi) is 8.41. The van der Waals surface area contributed by atoms with Gasteiger partial charge in [-0.3, -0.25) is 4.79 Å². The van der Waals surface area contributed by atoms with Crippen LogP contribution in [0.25, 0.3) is 10.9 Å². The van der Waals surface area contributed by atoms with E-state index in [1.165, 1.54) is 9.80 Å². The fourth-order valence-electron chi connectivity index (χ4n) is 3.11. The predicted molar refractivity (Wildman–Crippen MR) is 120 cm³/mol. The molecule has 0 saturated heterocycles. The third-order valence-electron chi connectivity index (χ3n) is 4.82. The van der Waals surface area contributed by atoms with Crippen molar-refractivity contribution in [2.75, 3.05) is 54.4 Å². The number of thiocarbonyl (C=S) groups is 1. The summed E-state index contributed by atoms with van der Waals surface area (Å²) in [6, 6.07) is 8.06. The van der Waals surface area contributed by atoms with E-state index < -0.39 is 0 Å². The highest BCUT2D eigenvalue weighted by Gasteiger charge is 2.15. The fraction of sp³-hybridized carbons (Fsp3) is 0.524. The van der Waals surface area contributed by atoms with Gasteiger partial charge in [-0.25, -0.2) is 0 Å². The SMILES string of the molecule is Cc1cccc2cc(CN(CC[NH+](C)C)C(=S)NCCC[NH+](C)C)c(=O)[nH]c12. The van der Waals surface area contributed by atoms with Gasteiger partial charge in [-0.05, 0) is 36.2 Å². The largest absolute Gasteiger partial charge is 0.362 e. The van der Waals surface area contributed by atoms with E-state index in [0.717, 1.165) is 59.7 Å². The summed E-state index contributed by atoms with van der Waals surface area (Å²) in [6.07, 6.45) is 1.06. The number of aromatic amines is 1. The number of hydrogen-bond donors (Lipinski definition) is 4. The third-order valence-corrected chi connectivity index (χ3v) is 5.23. The molecule has 0 bridgehead atoms. The molecule has 0 aliphatic carbocycles. The number of aromatic nitrogens is 1. The first-order valence-corrected chi connectivity index (χ1v) is 10.4. The van der Waals surface area contributed by atoms with Crippen LogP contribution in [0.3, 0.4) is 0 Å². The van der Waals surface area contributed by atoms with Gasteiger partial charge in [-0.2, -0.15) is 0 Å². The molecule has 7 heteroatoms. The van der Waals surface area contributed by atoms with Gasteiger partial charge in [0.1, 0.15) is 0 Å². The zero-order valence-electron chi connectivity index (χ0n) is 17.8. The molecule has 2 rings (SSSR count). The summed E-state index contributed by atoms with van der Waals surface area (Å²) >= 11 is 5.65. The Morgan fingerprint density at radius 2 is 1.89 bits per heavy atom. The number of hydrogen-bond acceptors (Lipinski definition) is 2. The number of nitrogens with zero attached hydrogens (tertiary/aromatic N) is 1. The maximum Gasteiger partial charge on any atom is 0.253 e. The summed E-state index contributed by atoms with van der Waals surface area (Å²) in [5, 5.41) is 5.15. The average molecular weight is 406 g/mol. The molecule has 154 valence electrons. The lowest BCUT2D eigenvalue weighted by molar-refractivity contribution is -0.858. The number of aryl methyl sites for hydroxylation is 1. The lowest BCUT2D eigenvalue weighted by Gasteiger charge is -2.26. The van der Waals surface area contributed by atoms with Gasteiger partial charge in [0, 0.05) is 18.5 Å². The van der Waals surface area contributed by atoms with E-state index in [2.05, 4.69) is 43.4 Å². The minimum absolute atomic E-state index is 0.0389. The molecule has 0 unspecified atom stereocenters. The molecule has 1 aromatic heterocycles. The Bertz CT molecular complexity index is 846. The van der Waals surface area contributed by atoms with Crippen molar-refractivity contribution >= 4 is 28.2 Å². The van der Waals surface area contributed by atoms with Crippen molar-refractivity contribution in [3.05, 3.63) is 45.7 Å². The van der Waals surface area contributed by atoms with Gasteiger partial charge in [0.05, 0.1) is 59.9 Å². The van der Waals surface area contributed by atoms with E-state index in [1.807, 2.05) is 31.2 Å². The number of para-hydroxylation sites is 1. The van der Waals surface area contributed by atoms with Crippen molar-refractivity contribution in [1.82, 2.24) is 15.2 Å². The average Bonchev–Trinajstić information content (AvgIpc) is 2.63. The van der Waals surface area contributed by atoms with Gasteiger partial charge in [0.15, 0.2) is 5.11 Å². The van der Waals surface area contributed by atoms with Crippen LogP contribution in [0, 0.1) is 6.92 Å². The molecular formula is C21H35N5OS+2. The van der Waals surface area contributed by atoms with Crippen LogP contribution in [0.1, 0.15) is 17.5 Å². The molecule has 0 aliphatic heterocycles. The first-order valence-electron chi connectivity index (χ1n) is 10.00. The predicted octanol–water partition coefficient (Wildman–Crippen LogP) is -0.808. The summed E-state index contributed by atoms with van der Waals surface area (Å²) in [7, 11) is 8.55. The lowest BCUT2D eigenvalue weighted by Crippen LogP contribution is -3.06. The van der Waals surface area contributed by atoms with Crippen molar-refractivity contribution < 1.29 is 9.80 Å². The van der Waals surface area contributed by atoms with Crippen LogP contribution in [-0.4, -0.2) is 69.4 Å². The van der Waals surface area contributed by atoms with E-state index in [0.29, 0.717) is 6.54 Å². The van der Waals surface area contributed by atoms with E-state index in [4.69, 9.17) is 12.2 Å². The molecule has 0 amide bonds. The molecule has 0 aliphatic rings. The Morgan fingerprint density at radius 1 is 1.18 bits per heavy atom. The number of benzene rings is 1. The zero-order valence-corrected chi connectivity index (χ0v) is 18.6. The maximum absolute atomic E-state index is 12.7. The first kappa shape index (κ1) is 22.3. The molecule has 0 saturated carbocycles. The maximum atomic E-state index is 12.7. The Hall–Kier alpha value is -1.96. The summed E-state index contributed by atoms with van der Waals surface area (Å²) in [4.78, 5) is 20.6. The van der Waals surface area contributed by atoms with Crippen LogP contribution in [0.4, 0.5) is 0 Å². The standard InChI is InChI=1S/C21H33N5OS/c1-16-8-6-9-17-14-18(20(27)23-19(16)17)15-26(13-12-25(4)5)21(28)22-10-7-11-24(2)3/h6,8-9,14H,7,10-13,15H2,1-5H3,(H,22,28)(H,23,27)/p+2. The third kappa shape index (κ3) is 6.58. The van der Waals surface area contributed by atoms with Crippen LogP contribution >= 0.6 is 12.2 Å². The molecule has 1 aromatic carbocycles. The minimum atomic E-state index is -0.0389. The summed E-state index contributed by atoms with van der Waals surface area (Å²) in [5.41, 5.74) is 2.69. The number of quaternary nitrogens is 2. The van der Waals surface area contributed by atoms with Crippen LogP contribution in [-0.2, 0) is 6.54 Å². The van der Waals surface area contributed by atoms with Crippen molar-refractivity contribution in [3.8, 4) is 0 Å². The summed E-state index contributed by atoms with van der Waals surface area (Å²) in [5.74, 6) is 0. The monoisotopic (exact) mass is 405 g/mol. The van der Waals surface area contributed by atoms with E-state index in [9.17, 15) is 4.79 Å². The van der Waals surface area contributed by atoms with Crippen molar-refractivity contribution in [3.63, 3.8) is 0 Å². The molecule has 6 nitrogen and oxygen atoms in total. The van der Waals surface area contributed by atoms with Gasteiger partial charge < -0.3 is 25.0 Å². The molecule has 4 N–H and O–H groups in total. The second-order valence-corrected chi connectivity index (χ2v) is 8.47. The van der Waals surface area contributed by atoms with E-state index in [1.54, 1.807) is 0 Å².